The predicted molar refractivity (Wildman–Crippen MR) is 393 cm³/mol. The fourth-order valence-corrected chi connectivity index (χ4v) is 18.5. The molecule has 6 aromatic rings. The van der Waals surface area contributed by atoms with Crippen LogP contribution in [0.5, 0.6) is 0 Å². The van der Waals surface area contributed by atoms with E-state index in [1.54, 1.807) is 45.3 Å². The summed E-state index contributed by atoms with van der Waals surface area (Å²) in [6, 6.07) is 21.7. The van der Waals surface area contributed by atoms with Crippen LogP contribution in [0.3, 0.4) is 0 Å². The molecule has 2 aliphatic rings. The van der Waals surface area contributed by atoms with Crippen LogP contribution in [-0.4, -0.2) is 44.7 Å². The Labute approximate surface area is 565 Å². The van der Waals surface area contributed by atoms with Crippen LogP contribution in [0.2, 0.25) is 0 Å². The number of unbranched alkanes of at least 4 members (excludes halogenated alkanes) is 32. The van der Waals surface area contributed by atoms with Gasteiger partial charge >= 0.3 is 0 Å². The molecule has 2 amide bonds. The van der Waals surface area contributed by atoms with E-state index < -0.39 is 0 Å². The molecule has 6 nitrogen and oxygen atoms in total. The maximum atomic E-state index is 16.3. The van der Waals surface area contributed by atoms with Gasteiger partial charge in [-0.05, 0) is 129 Å². The van der Waals surface area contributed by atoms with Crippen LogP contribution < -0.4 is 0 Å². The highest BCUT2D eigenvalue weighted by Crippen LogP contribution is 2.50. The smallest absolute Gasteiger partial charge is 0.261 e. The Hall–Kier alpha value is -3.00. The minimum absolute atomic E-state index is 0.0408. The number of aromatic nitrogens is 2. The number of thiophene rings is 2. The minimum Gasteiger partial charge on any atom is -0.304 e. The minimum atomic E-state index is -0.0408. The van der Waals surface area contributed by atoms with Gasteiger partial charge in [-0.3, -0.25) is 9.59 Å². The molecule has 0 saturated heterocycles. The van der Waals surface area contributed by atoms with E-state index in [0.717, 1.165) is 86.2 Å². The number of hydrogen-bond donors (Lipinski definition) is 0. The van der Waals surface area contributed by atoms with E-state index in [1.807, 2.05) is 0 Å². The van der Waals surface area contributed by atoms with E-state index in [2.05, 4.69) is 130 Å². The van der Waals surface area contributed by atoms with Crippen LogP contribution in [0.4, 0.5) is 0 Å². The molecule has 0 saturated carbocycles. The predicted octanol–water partition coefficient (Wildman–Crippen LogP) is 26.6. The van der Waals surface area contributed by atoms with E-state index in [4.69, 9.17) is 9.97 Å². The average Bonchev–Trinajstić information content (AvgIpc) is 1.79. The van der Waals surface area contributed by atoms with Gasteiger partial charge in [-0.2, -0.15) is 0 Å². The summed E-state index contributed by atoms with van der Waals surface area (Å²) in [5.74, 6) is 0.550. The fraction of sp³-hybridized carbons (Fsp3) is 0.632. The molecule has 482 valence electrons. The third-order valence-corrected chi connectivity index (χ3v) is 24.2. The number of carbonyl (C=O) groups is 2. The zero-order valence-corrected chi connectivity index (χ0v) is 61.1. The van der Waals surface area contributed by atoms with Crippen molar-refractivity contribution in [2.75, 3.05) is 13.1 Å². The lowest BCUT2D eigenvalue weighted by molar-refractivity contribution is -0.124. The molecule has 4 aromatic heterocycles. The fourth-order valence-electron chi connectivity index (χ4n) is 13.6. The number of fused-ring (bicyclic) bond motifs is 3. The second-order valence-corrected chi connectivity index (χ2v) is 33.1. The van der Waals surface area contributed by atoms with Gasteiger partial charge in [0, 0.05) is 22.8 Å². The van der Waals surface area contributed by atoms with E-state index in [-0.39, 0.29) is 11.8 Å². The van der Waals surface area contributed by atoms with Crippen molar-refractivity contribution >= 4 is 121 Å². The van der Waals surface area contributed by atoms with Gasteiger partial charge in [0.15, 0.2) is 0 Å². The Morgan fingerprint density at radius 1 is 0.364 bits per heavy atom. The topological polar surface area (TPSA) is 66.4 Å². The van der Waals surface area contributed by atoms with Crippen molar-refractivity contribution < 1.29 is 9.59 Å². The lowest BCUT2D eigenvalue weighted by Gasteiger charge is -2.29. The van der Waals surface area contributed by atoms with Gasteiger partial charge in [-0.1, -0.05) is 271 Å². The van der Waals surface area contributed by atoms with E-state index in [9.17, 15) is 0 Å². The van der Waals surface area contributed by atoms with Gasteiger partial charge in [0.2, 0.25) is 0 Å². The van der Waals surface area contributed by atoms with Crippen molar-refractivity contribution in [3.63, 3.8) is 0 Å². The third kappa shape index (κ3) is 21.5. The molecule has 8 rings (SSSR count). The molecule has 6 heterocycles. The summed E-state index contributed by atoms with van der Waals surface area (Å²) in [6.45, 7) is 10.4. The van der Waals surface area contributed by atoms with Crippen molar-refractivity contribution in [3.05, 3.63) is 89.4 Å². The molecule has 0 aliphatic carbocycles. The Balaban J connectivity index is 1.16. The summed E-state index contributed by atoms with van der Waals surface area (Å²) in [5, 5.41) is 1.54. The quantitative estimate of drug-likeness (QED) is 0.0357. The first kappa shape index (κ1) is 70.9. The van der Waals surface area contributed by atoms with Crippen LogP contribution in [0.1, 0.15) is 295 Å². The summed E-state index contributed by atoms with van der Waals surface area (Å²) >= 11 is 14.2. The second kappa shape index (κ2) is 39.5. The number of halogens is 2. The highest BCUT2D eigenvalue weighted by atomic mass is 79.9. The van der Waals surface area contributed by atoms with Gasteiger partial charge in [-0.15, -0.1) is 45.3 Å². The maximum Gasteiger partial charge on any atom is 0.261 e. The molecule has 0 spiro atoms. The number of hydrogen-bond acceptors (Lipinski definition) is 8. The monoisotopic (exact) mass is 1390 g/mol. The highest BCUT2D eigenvalue weighted by molar-refractivity contribution is 9.11. The van der Waals surface area contributed by atoms with Gasteiger partial charge in [0.05, 0.1) is 50.5 Å². The van der Waals surface area contributed by atoms with Crippen molar-refractivity contribution in [2.24, 2.45) is 11.8 Å². The lowest BCUT2D eigenvalue weighted by Crippen LogP contribution is -2.35. The van der Waals surface area contributed by atoms with Crippen molar-refractivity contribution in [1.82, 2.24) is 19.8 Å². The van der Waals surface area contributed by atoms with Crippen molar-refractivity contribution in [1.29, 1.82) is 0 Å². The maximum absolute atomic E-state index is 16.3. The molecule has 2 atom stereocenters. The standard InChI is InChI=1S/C76H108Br2N4O2S4/c1-5-9-13-17-21-25-27-31-35-39-43-57(41-37-33-29-23-19-15-11-7-3)55-81-71(73-79-61-47-45-59(53-65(61)87-73)63-49-51-67(77)85-63)69-70(75(81)83)72(74-80-62-48-46-60(54-66(62)88-74)64-50-52-68(78)86-64)82(76(69)84)56-58(42-38-34-30-24-20-16-12-8-4)44-40-36-32-28-26-22-18-14-10-6-2/h45-54,57-58H,5-44,55-56H2,1-4H3. The molecule has 0 radical (unpaired) electrons. The Kier molecular flexibility index (Phi) is 31.8. The number of thiazole rings is 2. The molecule has 2 aromatic carbocycles. The number of amides is 2. The molecule has 0 bridgehead atoms. The molecule has 12 heteroatoms. The van der Waals surface area contributed by atoms with Crippen LogP contribution in [0.25, 0.3) is 52.7 Å². The average molecular weight is 1400 g/mol. The second-order valence-electron chi connectivity index (χ2n) is 26.1. The third-order valence-electron chi connectivity index (χ3n) is 18.8. The SMILES string of the molecule is CCCCCCCCCCCCC(CCCCCCCCCC)CN1C(=O)C2=C(c3nc4ccc(-c5ccc(Br)s5)cc4s3)N(CC(CCCCCCCCCC)CCCCCCCCCCCC)C(=O)C2=C1c1nc2ccc(-c3ccc(Br)s3)cc2s1. The van der Waals surface area contributed by atoms with Crippen LogP contribution in [0.15, 0.2) is 79.4 Å². The Morgan fingerprint density at radius 2 is 0.648 bits per heavy atom. The largest absolute Gasteiger partial charge is 0.304 e. The van der Waals surface area contributed by atoms with Gasteiger partial charge < -0.3 is 9.80 Å². The van der Waals surface area contributed by atoms with Gasteiger partial charge in [0.1, 0.15) is 10.0 Å². The first-order valence-electron chi connectivity index (χ1n) is 35.7. The zero-order chi connectivity index (χ0) is 61.7. The Bertz CT molecular complexity index is 2890. The molecule has 2 aliphatic heterocycles. The molecular formula is C76H108Br2N4O2S4. The van der Waals surface area contributed by atoms with Gasteiger partial charge in [-0.25, -0.2) is 9.97 Å². The summed E-state index contributed by atoms with van der Waals surface area (Å²) < 4.78 is 4.34. The van der Waals surface area contributed by atoms with Crippen molar-refractivity contribution in [2.45, 2.75) is 285 Å². The van der Waals surface area contributed by atoms with Crippen LogP contribution >= 0.6 is 77.2 Å². The molecule has 88 heavy (non-hydrogen) atoms. The zero-order valence-electron chi connectivity index (χ0n) is 54.6. The summed E-state index contributed by atoms with van der Waals surface area (Å²) in [4.78, 5) is 50.1. The number of nitrogens with zero attached hydrogens (tertiary/aromatic N) is 4. The van der Waals surface area contributed by atoms with Gasteiger partial charge in [0.25, 0.3) is 11.8 Å². The Morgan fingerprint density at radius 3 is 0.920 bits per heavy atom. The lowest BCUT2D eigenvalue weighted by atomic mass is 9.93. The number of carbonyl (C=O) groups excluding carboxylic acids is 2. The van der Waals surface area contributed by atoms with Crippen LogP contribution in [0, 0.1) is 11.8 Å². The molecule has 0 fully saturated rings. The summed E-state index contributed by atoms with van der Waals surface area (Å²) in [7, 11) is 0. The number of benzene rings is 2. The molecular weight excluding hydrogens is 1290 g/mol. The molecule has 2 unspecified atom stereocenters. The first-order valence-corrected chi connectivity index (χ1v) is 40.5. The van der Waals surface area contributed by atoms with Crippen molar-refractivity contribution in [3.8, 4) is 20.9 Å². The first-order chi connectivity index (χ1) is 43.2. The molecule has 0 N–H and O–H groups in total. The summed E-state index contributed by atoms with van der Waals surface area (Å²) in [5.41, 5.74) is 6.69. The number of rotatable bonds is 48. The van der Waals surface area contributed by atoms with E-state index in [1.165, 1.54) is 241 Å². The van der Waals surface area contributed by atoms with E-state index in [0.29, 0.717) is 36.1 Å². The summed E-state index contributed by atoms with van der Waals surface area (Å²) in [6.07, 6.45) is 51.0. The highest BCUT2D eigenvalue weighted by Gasteiger charge is 2.51. The van der Waals surface area contributed by atoms with Crippen LogP contribution in [-0.2, 0) is 9.59 Å². The van der Waals surface area contributed by atoms with E-state index >= 15 is 9.59 Å². The normalized spacial score (nSPS) is 14.4.